The highest BCUT2D eigenvalue weighted by molar-refractivity contribution is 5.88. The second-order valence-electron chi connectivity index (χ2n) is 3.81. The van der Waals surface area contributed by atoms with E-state index in [1.165, 1.54) is 13.8 Å². The maximum atomic E-state index is 11.5. The van der Waals surface area contributed by atoms with Gasteiger partial charge in [-0.25, -0.2) is 11.4 Å². The topological polar surface area (TPSA) is 78.2 Å². The number of ether oxygens (including phenoxy) is 3. The van der Waals surface area contributed by atoms with Crippen molar-refractivity contribution in [1.82, 2.24) is 5.32 Å². The maximum Gasteiger partial charge on any atom is 0.328 e. The highest BCUT2D eigenvalue weighted by Gasteiger charge is 2.23. The Balaban J connectivity index is 3.77. The second-order valence-corrected chi connectivity index (χ2v) is 3.81. The molecule has 0 aliphatic carbocycles. The molecule has 0 spiro atoms. The monoisotopic (exact) mass is 272 g/mol. The molecule has 0 aliphatic heterocycles. The van der Waals surface area contributed by atoms with Crippen molar-refractivity contribution in [2.24, 2.45) is 0 Å². The number of esters is 1. The summed E-state index contributed by atoms with van der Waals surface area (Å²) >= 11 is 0. The lowest BCUT2D eigenvalue weighted by Gasteiger charge is -2.13. The van der Waals surface area contributed by atoms with Crippen LogP contribution in [0.5, 0.6) is 0 Å². The Kier molecular flexibility index (Phi) is 9.40. The molecule has 0 aromatic heterocycles. The SMILES string of the molecule is [C-]#[N+]C(C)C(=O)NC(C)C(=O)OCCOCCOC. The van der Waals surface area contributed by atoms with Crippen molar-refractivity contribution in [2.45, 2.75) is 25.9 Å². The summed E-state index contributed by atoms with van der Waals surface area (Å²) in [4.78, 5) is 25.9. The Morgan fingerprint density at radius 3 is 2.42 bits per heavy atom. The number of amides is 1. The van der Waals surface area contributed by atoms with Crippen molar-refractivity contribution in [1.29, 1.82) is 0 Å². The number of nitrogens with zero attached hydrogens (tertiary/aromatic N) is 1. The maximum absolute atomic E-state index is 11.5. The predicted molar refractivity (Wildman–Crippen MR) is 67.3 cm³/mol. The first-order valence-electron chi connectivity index (χ1n) is 5.93. The first kappa shape index (κ1) is 17.4. The fourth-order valence-electron chi connectivity index (χ4n) is 1.02. The normalized spacial score (nSPS) is 13.2. The van der Waals surface area contributed by atoms with Crippen LogP contribution in [0, 0.1) is 6.57 Å². The van der Waals surface area contributed by atoms with E-state index in [9.17, 15) is 9.59 Å². The van der Waals surface area contributed by atoms with Gasteiger partial charge in [0.2, 0.25) is 0 Å². The highest BCUT2D eigenvalue weighted by Crippen LogP contribution is 1.93. The zero-order valence-corrected chi connectivity index (χ0v) is 11.5. The van der Waals surface area contributed by atoms with Crippen molar-refractivity contribution in [3.05, 3.63) is 11.4 Å². The Morgan fingerprint density at radius 2 is 1.84 bits per heavy atom. The summed E-state index contributed by atoms with van der Waals surface area (Å²) in [6, 6.07) is -1.59. The number of methoxy groups -OCH3 is 1. The molecule has 0 aromatic rings. The van der Waals surface area contributed by atoms with Gasteiger partial charge in [-0.1, -0.05) is 0 Å². The van der Waals surface area contributed by atoms with Crippen LogP contribution in [0.1, 0.15) is 13.8 Å². The molecule has 0 fully saturated rings. The van der Waals surface area contributed by atoms with Crippen LogP contribution in [0.2, 0.25) is 0 Å². The number of hydrogen-bond acceptors (Lipinski definition) is 5. The third-order valence-electron chi connectivity index (χ3n) is 2.19. The van der Waals surface area contributed by atoms with Gasteiger partial charge in [-0.3, -0.25) is 4.79 Å². The van der Waals surface area contributed by atoms with Crippen molar-refractivity contribution in [2.75, 3.05) is 33.5 Å². The van der Waals surface area contributed by atoms with Crippen molar-refractivity contribution in [3.63, 3.8) is 0 Å². The minimum Gasteiger partial charge on any atom is -0.462 e. The van der Waals surface area contributed by atoms with Crippen molar-refractivity contribution < 1.29 is 23.8 Å². The Morgan fingerprint density at radius 1 is 1.21 bits per heavy atom. The van der Waals surface area contributed by atoms with Crippen LogP contribution < -0.4 is 5.32 Å². The van der Waals surface area contributed by atoms with Crippen LogP contribution in [0.4, 0.5) is 0 Å². The van der Waals surface area contributed by atoms with Gasteiger partial charge in [-0.2, -0.15) is 0 Å². The largest absolute Gasteiger partial charge is 0.462 e. The van der Waals surface area contributed by atoms with Crippen LogP contribution in [-0.2, 0) is 23.8 Å². The van der Waals surface area contributed by atoms with E-state index in [1.807, 2.05) is 0 Å². The molecule has 1 amide bonds. The summed E-state index contributed by atoms with van der Waals surface area (Å²) in [5.41, 5.74) is 0. The van der Waals surface area contributed by atoms with Crippen molar-refractivity contribution >= 4 is 11.9 Å². The average molecular weight is 272 g/mol. The quantitative estimate of drug-likeness (QED) is 0.363. The smallest absolute Gasteiger partial charge is 0.328 e. The van der Waals surface area contributed by atoms with Gasteiger partial charge in [0, 0.05) is 14.0 Å². The number of nitrogens with one attached hydrogen (secondary N) is 1. The molecule has 0 saturated carbocycles. The minimum atomic E-state index is -0.812. The minimum absolute atomic E-state index is 0.112. The molecule has 0 aromatic carbocycles. The average Bonchev–Trinajstić information content (AvgIpc) is 2.41. The van der Waals surface area contributed by atoms with Gasteiger partial charge in [0.05, 0.1) is 19.8 Å². The van der Waals surface area contributed by atoms with E-state index in [1.54, 1.807) is 7.11 Å². The molecule has 2 atom stereocenters. The molecule has 7 heteroatoms. The molecule has 7 nitrogen and oxygen atoms in total. The van der Waals surface area contributed by atoms with E-state index < -0.39 is 24.0 Å². The fraction of sp³-hybridized carbons (Fsp3) is 0.750. The highest BCUT2D eigenvalue weighted by atomic mass is 16.6. The number of rotatable bonds is 9. The molecule has 0 bridgehead atoms. The third-order valence-corrected chi connectivity index (χ3v) is 2.19. The summed E-state index contributed by atoms with van der Waals surface area (Å²) < 4.78 is 14.8. The van der Waals surface area contributed by atoms with E-state index in [2.05, 4.69) is 10.2 Å². The van der Waals surface area contributed by atoms with Crippen LogP contribution in [0.3, 0.4) is 0 Å². The zero-order chi connectivity index (χ0) is 14.7. The standard InChI is InChI=1S/C12H20N2O5/c1-9(13-3)11(15)14-10(2)12(16)19-8-7-18-6-5-17-4/h9-10H,5-8H2,1-2,4H3,(H,14,15). The molecule has 0 heterocycles. The Labute approximate surface area is 113 Å². The molecule has 0 saturated heterocycles. The van der Waals surface area contributed by atoms with E-state index in [-0.39, 0.29) is 13.2 Å². The van der Waals surface area contributed by atoms with E-state index in [4.69, 9.17) is 20.8 Å². The van der Waals surface area contributed by atoms with Crippen molar-refractivity contribution in [3.8, 4) is 0 Å². The third kappa shape index (κ3) is 8.13. The second kappa shape index (κ2) is 10.3. The molecule has 0 radical (unpaired) electrons. The molecule has 19 heavy (non-hydrogen) atoms. The van der Waals surface area contributed by atoms with Gasteiger partial charge in [0.1, 0.15) is 12.6 Å². The molecule has 1 N–H and O–H groups in total. The fourth-order valence-corrected chi connectivity index (χ4v) is 1.02. The summed E-state index contributed by atoms with van der Waals surface area (Å²) in [6.07, 6.45) is 0. The number of hydrogen-bond donors (Lipinski definition) is 1. The van der Waals surface area contributed by atoms with E-state index in [0.717, 1.165) is 0 Å². The molecular formula is C12H20N2O5. The zero-order valence-electron chi connectivity index (χ0n) is 11.5. The van der Waals surface area contributed by atoms with Crippen LogP contribution in [-0.4, -0.2) is 57.5 Å². The van der Waals surface area contributed by atoms with Crippen LogP contribution in [0.25, 0.3) is 4.85 Å². The summed E-state index contributed by atoms with van der Waals surface area (Å²) in [5, 5.41) is 2.40. The lowest BCUT2D eigenvalue weighted by molar-refractivity contribution is -0.148. The molecule has 2 unspecified atom stereocenters. The van der Waals surface area contributed by atoms with Gasteiger partial charge in [-0.15, -0.1) is 0 Å². The van der Waals surface area contributed by atoms with Gasteiger partial charge in [-0.05, 0) is 6.92 Å². The Hall–Kier alpha value is -1.65. The van der Waals surface area contributed by atoms with Crippen LogP contribution in [0.15, 0.2) is 0 Å². The van der Waals surface area contributed by atoms with E-state index >= 15 is 0 Å². The number of carbonyl (C=O) groups excluding carboxylic acids is 2. The van der Waals surface area contributed by atoms with Gasteiger partial charge in [0.15, 0.2) is 0 Å². The predicted octanol–water partition coefficient (Wildman–Crippen LogP) is 0.00509. The summed E-state index contributed by atoms with van der Waals surface area (Å²) in [5.74, 6) is -1.04. The first-order valence-corrected chi connectivity index (χ1v) is 5.93. The van der Waals surface area contributed by atoms with E-state index in [0.29, 0.717) is 13.2 Å². The summed E-state index contributed by atoms with van der Waals surface area (Å²) in [6.45, 7) is 11.0. The first-order chi connectivity index (χ1) is 9.02. The molecule has 0 aliphatic rings. The lowest BCUT2D eigenvalue weighted by Crippen LogP contribution is -2.43. The molecule has 108 valence electrons. The van der Waals surface area contributed by atoms with Gasteiger partial charge in [0.25, 0.3) is 6.04 Å². The number of carbonyl (C=O) groups is 2. The molecular weight excluding hydrogens is 252 g/mol. The van der Waals surface area contributed by atoms with Gasteiger partial charge >= 0.3 is 11.9 Å². The van der Waals surface area contributed by atoms with Crippen LogP contribution >= 0.6 is 0 Å². The lowest BCUT2D eigenvalue weighted by atomic mass is 10.3. The molecule has 0 rings (SSSR count). The Bertz CT molecular complexity index is 327. The summed E-state index contributed by atoms with van der Waals surface area (Å²) in [7, 11) is 1.57. The van der Waals surface area contributed by atoms with Gasteiger partial charge < -0.3 is 24.4 Å².